The molecule has 1 aromatic carbocycles. The smallest absolute Gasteiger partial charge is 0.246 e. The molecule has 0 bridgehead atoms. The second-order valence-electron chi connectivity index (χ2n) is 4.75. The molecule has 6 heteroatoms. The SMILES string of the molecule is Nc1nc(N2CCCC2)nn1Cc1cccc(Br)c1. The lowest BCUT2D eigenvalue weighted by atomic mass is 10.2. The highest BCUT2D eigenvalue weighted by atomic mass is 79.9. The molecule has 1 saturated heterocycles. The second-order valence-corrected chi connectivity index (χ2v) is 5.67. The minimum atomic E-state index is 0.474. The van der Waals surface area contributed by atoms with Crippen molar-refractivity contribution in [2.24, 2.45) is 0 Å². The molecule has 1 aliphatic heterocycles. The molecule has 100 valence electrons. The lowest BCUT2D eigenvalue weighted by molar-refractivity contribution is 0.690. The number of nitrogens with zero attached hydrogens (tertiary/aromatic N) is 4. The molecule has 0 unspecified atom stereocenters. The Bertz CT molecular complexity index is 574. The van der Waals surface area contributed by atoms with Crippen molar-refractivity contribution >= 4 is 27.8 Å². The highest BCUT2D eigenvalue weighted by Crippen LogP contribution is 2.19. The van der Waals surface area contributed by atoms with E-state index in [-0.39, 0.29) is 0 Å². The van der Waals surface area contributed by atoms with Gasteiger partial charge in [-0.3, -0.25) is 0 Å². The molecule has 0 aliphatic carbocycles. The van der Waals surface area contributed by atoms with Crippen LogP contribution in [-0.2, 0) is 6.54 Å². The molecule has 0 radical (unpaired) electrons. The minimum absolute atomic E-state index is 0.474. The molecular weight excluding hydrogens is 306 g/mol. The van der Waals surface area contributed by atoms with Crippen LogP contribution in [0, 0.1) is 0 Å². The van der Waals surface area contributed by atoms with E-state index in [4.69, 9.17) is 5.73 Å². The van der Waals surface area contributed by atoms with E-state index in [0.717, 1.165) is 29.1 Å². The Labute approximate surface area is 120 Å². The normalized spacial score (nSPS) is 15.1. The zero-order chi connectivity index (χ0) is 13.2. The van der Waals surface area contributed by atoms with Gasteiger partial charge in [-0.2, -0.15) is 4.98 Å². The van der Waals surface area contributed by atoms with Crippen molar-refractivity contribution in [2.45, 2.75) is 19.4 Å². The maximum absolute atomic E-state index is 5.95. The molecular formula is C13H16BrN5. The third-order valence-corrected chi connectivity index (χ3v) is 3.79. The number of aromatic nitrogens is 3. The summed E-state index contributed by atoms with van der Waals surface area (Å²) in [6, 6.07) is 8.13. The van der Waals surface area contributed by atoms with Crippen molar-refractivity contribution in [1.29, 1.82) is 0 Å². The van der Waals surface area contributed by atoms with Crippen molar-refractivity contribution in [3.8, 4) is 0 Å². The summed E-state index contributed by atoms with van der Waals surface area (Å²) in [7, 11) is 0. The maximum atomic E-state index is 5.95. The van der Waals surface area contributed by atoms with Crippen LogP contribution in [0.4, 0.5) is 11.9 Å². The lowest BCUT2D eigenvalue weighted by Crippen LogP contribution is -2.19. The van der Waals surface area contributed by atoms with Crippen LogP contribution in [0.3, 0.4) is 0 Å². The van der Waals surface area contributed by atoms with Crippen molar-refractivity contribution in [1.82, 2.24) is 14.8 Å². The van der Waals surface area contributed by atoms with Crippen LogP contribution in [-0.4, -0.2) is 27.9 Å². The van der Waals surface area contributed by atoms with Crippen molar-refractivity contribution in [3.63, 3.8) is 0 Å². The van der Waals surface area contributed by atoms with Gasteiger partial charge in [0.25, 0.3) is 0 Å². The van der Waals surface area contributed by atoms with Gasteiger partial charge in [-0.25, -0.2) is 4.68 Å². The summed E-state index contributed by atoms with van der Waals surface area (Å²) in [5.41, 5.74) is 7.10. The zero-order valence-electron chi connectivity index (χ0n) is 10.6. The highest BCUT2D eigenvalue weighted by molar-refractivity contribution is 9.10. The second kappa shape index (κ2) is 5.21. The molecule has 1 fully saturated rings. The number of anilines is 2. The summed E-state index contributed by atoms with van der Waals surface area (Å²) in [5, 5.41) is 4.51. The fourth-order valence-corrected chi connectivity index (χ4v) is 2.76. The molecule has 1 aliphatic rings. The number of hydrogen-bond acceptors (Lipinski definition) is 4. The summed E-state index contributed by atoms with van der Waals surface area (Å²) >= 11 is 3.47. The average Bonchev–Trinajstić information content (AvgIpc) is 3.00. The zero-order valence-corrected chi connectivity index (χ0v) is 12.2. The summed E-state index contributed by atoms with van der Waals surface area (Å²) < 4.78 is 2.82. The topological polar surface area (TPSA) is 60.0 Å². The quantitative estimate of drug-likeness (QED) is 0.942. The summed E-state index contributed by atoms with van der Waals surface area (Å²) in [4.78, 5) is 6.54. The van der Waals surface area contributed by atoms with Gasteiger partial charge in [0.2, 0.25) is 11.9 Å². The van der Waals surface area contributed by atoms with Crippen LogP contribution >= 0.6 is 15.9 Å². The highest BCUT2D eigenvalue weighted by Gasteiger charge is 2.18. The predicted octanol–water partition coefficient (Wildman–Crippen LogP) is 2.27. The fourth-order valence-electron chi connectivity index (χ4n) is 2.32. The van der Waals surface area contributed by atoms with Gasteiger partial charge >= 0.3 is 0 Å². The molecule has 3 rings (SSSR count). The lowest BCUT2D eigenvalue weighted by Gasteiger charge is -2.10. The van der Waals surface area contributed by atoms with Crippen molar-refractivity contribution in [2.75, 3.05) is 23.7 Å². The third kappa shape index (κ3) is 2.73. The van der Waals surface area contributed by atoms with E-state index in [9.17, 15) is 0 Å². The summed E-state index contributed by atoms with van der Waals surface area (Å²) in [6.45, 7) is 2.70. The third-order valence-electron chi connectivity index (χ3n) is 3.30. The van der Waals surface area contributed by atoms with E-state index in [1.54, 1.807) is 4.68 Å². The van der Waals surface area contributed by atoms with E-state index in [1.165, 1.54) is 12.8 Å². The first-order valence-electron chi connectivity index (χ1n) is 6.42. The molecule has 1 aromatic heterocycles. The number of halogens is 1. The van der Waals surface area contributed by atoms with Gasteiger partial charge in [-0.1, -0.05) is 28.1 Å². The Morgan fingerprint density at radius 2 is 2.05 bits per heavy atom. The summed E-state index contributed by atoms with van der Waals surface area (Å²) in [5.74, 6) is 1.23. The van der Waals surface area contributed by atoms with E-state index < -0.39 is 0 Å². The molecule has 0 saturated carbocycles. The number of hydrogen-bond donors (Lipinski definition) is 1. The number of rotatable bonds is 3. The molecule has 19 heavy (non-hydrogen) atoms. The van der Waals surface area contributed by atoms with E-state index in [0.29, 0.717) is 12.5 Å². The molecule has 2 N–H and O–H groups in total. The average molecular weight is 322 g/mol. The van der Waals surface area contributed by atoms with Crippen LogP contribution in [0.5, 0.6) is 0 Å². The van der Waals surface area contributed by atoms with Crippen LogP contribution in [0.15, 0.2) is 28.7 Å². The Morgan fingerprint density at radius 3 is 2.79 bits per heavy atom. The van der Waals surface area contributed by atoms with Crippen LogP contribution in [0.1, 0.15) is 18.4 Å². The van der Waals surface area contributed by atoms with Crippen LogP contribution in [0.2, 0.25) is 0 Å². The molecule has 0 spiro atoms. The number of nitrogen functional groups attached to an aromatic ring is 1. The molecule has 0 amide bonds. The standard InChI is InChI=1S/C13H16BrN5/c14-11-5-3-4-10(8-11)9-19-12(15)16-13(17-19)18-6-1-2-7-18/h3-5,8H,1-2,6-7,9H2,(H2,15,16,17). The molecule has 2 aromatic rings. The van der Waals surface area contributed by atoms with Gasteiger partial charge in [-0.15, -0.1) is 5.10 Å². The van der Waals surface area contributed by atoms with Gasteiger partial charge in [0.05, 0.1) is 6.54 Å². The predicted molar refractivity (Wildman–Crippen MR) is 79.1 cm³/mol. The fraction of sp³-hybridized carbons (Fsp3) is 0.385. The number of nitrogens with two attached hydrogens (primary N) is 1. The largest absolute Gasteiger partial charge is 0.368 e. The van der Waals surface area contributed by atoms with Gasteiger partial charge in [0, 0.05) is 17.6 Å². The Hall–Kier alpha value is -1.56. The number of benzene rings is 1. The monoisotopic (exact) mass is 321 g/mol. The van der Waals surface area contributed by atoms with Crippen molar-refractivity contribution < 1.29 is 0 Å². The first-order chi connectivity index (χ1) is 9.22. The van der Waals surface area contributed by atoms with Crippen LogP contribution in [0.25, 0.3) is 0 Å². The van der Waals surface area contributed by atoms with Gasteiger partial charge in [-0.05, 0) is 30.5 Å². The van der Waals surface area contributed by atoms with E-state index in [2.05, 4.69) is 43.0 Å². The Morgan fingerprint density at radius 1 is 1.26 bits per heavy atom. The van der Waals surface area contributed by atoms with E-state index >= 15 is 0 Å². The molecule has 5 nitrogen and oxygen atoms in total. The van der Waals surface area contributed by atoms with Gasteiger partial charge in [0.1, 0.15) is 0 Å². The molecule has 0 atom stereocenters. The Kier molecular flexibility index (Phi) is 3.42. The van der Waals surface area contributed by atoms with Crippen molar-refractivity contribution in [3.05, 3.63) is 34.3 Å². The van der Waals surface area contributed by atoms with Gasteiger partial charge < -0.3 is 10.6 Å². The first kappa shape index (κ1) is 12.5. The van der Waals surface area contributed by atoms with Gasteiger partial charge in [0.15, 0.2) is 0 Å². The Balaban J connectivity index is 1.81. The minimum Gasteiger partial charge on any atom is -0.368 e. The molecule has 2 heterocycles. The van der Waals surface area contributed by atoms with Crippen LogP contribution < -0.4 is 10.6 Å². The van der Waals surface area contributed by atoms with E-state index in [1.807, 2.05) is 12.1 Å². The first-order valence-corrected chi connectivity index (χ1v) is 7.21. The summed E-state index contributed by atoms with van der Waals surface area (Å²) in [6.07, 6.45) is 2.42. The maximum Gasteiger partial charge on any atom is 0.246 e.